The van der Waals surface area contributed by atoms with E-state index < -0.39 is 0 Å². The van der Waals surface area contributed by atoms with E-state index in [-0.39, 0.29) is 0 Å². The van der Waals surface area contributed by atoms with Crippen molar-refractivity contribution in [2.75, 3.05) is 5.32 Å². The molecule has 1 aromatic rings. The van der Waals surface area contributed by atoms with Crippen LogP contribution in [0.3, 0.4) is 0 Å². The normalized spacial score (nSPS) is 15.6. The van der Waals surface area contributed by atoms with Crippen molar-refractivity contribution in [3.8, 4) is 6.07 Å². The van der Waals surface area contributed by atoms with Gasteiger partial charge in [0.25, 0.3) is 0 Å². The molecule has 1 aromatic carbocycles. The summed E-state index contributed by atoms with van der Waals surface area (Å²) in [4.78, 5) is 0. The number of benzene rings is 1. The van der Waals surface area contributed by atoms with Crippen molar-refractivity contribution in [2.45, 2.75) is 45.1 Å². The largest absolute Gasteiger partial charge is 0.360 e. The van der Waals surface area contributed by atoms with E-state index in [1.165, 1.54) is 32.1 Å². The molecular formula is C15H19N3S. The van der Waals surface area contributed by atoms with E-state index in [2.05, 4.69) is 16.7 Å². The molecule has 0 radical (unpaired) electrons. The van der Waals surface area contributed by atoms with E-state index in [1.807, 2.05) is 25.1 Å². The van der Waals surface area contributed by atoms with Crippen LogP contribution in [-0.4, -0.2) is 11.2 Å². The molecule has 0 bridgehead atoms. The van der Waals surface area contributed by atoms with E-state index in [9.17, 15) is 0 Å². The van der Waals surface area contributed by atoms with Crippen molar-refractivity contribution in [3.63, 3.8) is 0 Å². The van der Waals surface area contributed by atoms with Gasteiger partial charge in [-0.25, -0.2) is 0 Å². The maximum absolute atomic E-state index is 9.01. The number of rotatable bonds is 2. The van der Waals surface area contributed by atoms with Crippen molar-refractivity contribution in [1.82, 2.24) is 5.32 Å². The zero-order valence-electron chi connectivity index (χ0n) is 11.2. The van der Waals surface area contributed by atoms with Crippen LogP contribution in [0.15, 0.2) is 18.2 Å². The molecule has 0 spiro atoms. The SMILES string of the molecule is Cc1ccc(NC(=S)NC2CCCCC2)cc1C#N. The predicted octanol–water partition coefficient (Wildman–Crippen LogP) is 3.49. The third-order valence-corrected chi connectivity index (χ3v) is 3.78. The summed E-state index contributed by atoms with van der Waals surface area (Å²) in [5, 5.41) is 16.2. The Bertz CT molecular complexity index is 499. The number of anilines is 1. The van der Waals surface area contributed by atoms with Crippen LogP contribution in [0.5, 0.6) is 0 Å². The van der Waals surface area contributed by atoms with Gasteiger partial charge in [-0.3, -0.25) is 0 Å². The highest BCUT2D eigenvalue weighted by molar-refractivity contribution is 7.80. The van der Waals surface area contributed by atoms with E-state index in [0.717, 1.165) is 11.3 Å². The Morgan fingerprint density at radius 3 is 2.74 bits per heavy atom. The van der Waals surface area contributed by atoms with Gasteiger partial charge in [0.1, 0.15) is 0 Å². The highest BCUT2D eigenvalue weighted by Gasteiger charge is 2.14. The van der Waals surface area contributed by atoms with Gasteiger partial charge in [0.05, 0.1) is 11.6 Å². The molecular weight excluding hydrogens is 254 g/mol. The highest BCUT2D eigenvalue weighted by atomic mass is 32.1. The Morgan fingerprint density at radius 2 is 2.05 bits per heavy atom. The number of hydrogen-bond acceptors (Lipinski definition) is 2. The molecule has 2 rings (SSSR count). The van der Waals surface area contributed by atoms with Gasteiger partial charge in [-0.2, -0.15) is 5.26 Å². The summed E-state index contributed by atoms with van der Waals surface area (Å²) < 4.78 is 0. The van der Waals surface area contributed by atoms with Gasteiger partial charge < -0.3 is 10.6 Å². The smallest absolute Gasteiger partial charge is 0.170 e. The lowest BCUT2D eigenvalue weighted by molar-refractivity contribution is 0.415. The lowest BCUT2D eigenvalue weighted by Crippen LogP contribution is -2.38. The van der Waals surface area contributed by atoms with Gasteiger partial charge >= 0.3 is 0 Å². The van der Waals surface area contributed by atoms with Crippen molar-refractivity contribution in [3.05, 3.63) is 29.3 Å². The van der Waals surface area contributed by atoms with Gasteiger partial charge in [0, 0.05) is 11.7 Å². The second kappa shape index (κ2) is 6.53. The number of nitrogens with zero attached hydrogens (tertiary/aromatic N) is 1. The molecule has 1 fully saturated rings. The average Bonchev–Trinajstić information content (AvgIpc) is 2.42. The zero-order chi connectivity index (χ0) is 13.7. The Balaban J connectivity index is 1.93. The maximum Gasteiger partial charge on any atom is 0.170 e. The standard InChI is InChI=1S/C15H19N3S/c1-11-7-8-14(9-12(11)10-16)18-15(19)17-13-5-3-2-4-6-13/h7-9,13H,2-6H2,1H3,(H2,17,18,19). The number of hydrogen-bond donors (Lipinski definition) is 2. The topological polar surface area (TPSA) is 47.8 Å². The van der Waals surface area contributed by atoms with Crippen LogP contribution in [0.1, 0.15) is 43.2 Å². The lowest BCUT2D eigenvalue weighted by atomic mass is 9.96. The number of nitriles is 1. The number of nitrogens with one attached hydrogen (secondary N) is 2. The third kappa shape index (κ3) is 3.93. The summed E-state index contributed by atoms with van der Waals surface area (Å²) in [5.41, 5.74) is 2.54. The van der Waals surface area contributed by atoms with E-state index in [1.54, 1.807) is 0 Å². The first-order valence-electron chi connectivity index (χ1n) is 6.77. The van der Waals surface area contributed by atoms with E-state index in [0.29, 0.717) is 16.7 Å². The Hall–Kier alpha value is -1.60. The molecule has 2 N–H and O–H groups in total. The second-order valence-corrected chi connectivity index (χ2v) is 5.48. The van der Waals surface area contributed by atoms with E-state index >= 15 is 0 Å². The summed E-state index contributed by atoms with van der Waals surface area (Å²) in [6, 6.07) is 8.40. The molecule has 0 saturated heterocycles. The molecule has 0 amide bonds. The molecule has 0 atom stereocenters. The van der Waals surface area contributed by atoms with Gasteiger partial charge in [0.15, 0.2) is 5.11 Å². The van der Waals surface area contributed by atoms with Gasteiger partial charge in [0.2, 0.25) is 0 Å². The first-order valence-corrected chi connectivity index (χ1v) is 7.18. The monoisotopic (exact) mass is 273 g/mol. The molecule has 0 aliphatic heterocycles. The summed E-state index contributed by atoms with van der Waals surface area (Å²) in [5.74, 6) is 0. The van der Waals surface area contributed by atoms with Crippen LogP contribution >= 0.6 is 12.2 Å². The van der Waals surface area contributed by atoms with Crippen LogP contribution in [0.2, 0.25) is 0 Å². The first-order chi connectivity index (χ1) is 9.19. The summed E-state index contributed by atoms with van der Waals surface area (Å²) >= 11 is 5.32. The van der Waals surface area contributed by atoms with Gasteiger partial charge in [-0.1, -0.05) is 25.3 Å². The molecule has 19 heavy (non-hydrogen) atoms. The minimum atomic E-state index is 0.495. The average molecular weight is 273 g/mol. The van der Waals surface area contributed by atoms with Crippen molar-refractivity contribution >= 4 is 23.0 Å². The molecule has 1 aliphatic carbocycles. The van der Waals surface area contributed by atoms with Crippen LogP contribution in [0, 0.1) is 18.3 Å². The Kier molecular flexibility index (Phi) is 4.75. The minimum absolute atomic E-state index is 0.495. The minimum Gasteiger partial charge on any atom is -0.360 e. The van der Waals surface area contributed by atoms with Crippen molar-refractivity contribution < 1.29 is 0 Å². The molecule has 0 heterocycles. The summed E-state index contributed by atoms with van der Waals surface area (Å²) in [7, 11) is 0. The highest BCUT2D eigenvalue weighted by Crippen LogP contribution is 2.18. The number of thiocarbonyl (C=S) groups is 1. The van der Waals surface area contributed by atoms with Crippen LogP contribution < -0.4 is 10.6 Å². The first kappa shape index (κ1) is 13.8. The summed E-state index contributed by atoms with van der Waals surface area (Å²) in [6.07, 6.45) is 6.28. The third-order valence-electron chi connectivity index (χ3n) is 3.56. The molecule has 4 heteroatoms. The van der Waals surface area contributed by atoms with Crippen LogP contribution in [-0.2, 0) is 0 Å². The zero-order valence-corrected chi connectivity index (χ0v) is 12.0. The fourth-order valence-corrected chi connectivity index (χ4v) is 2.70. The lowest BCUT2D eigenvalue weighted by Gasteiger charge is -2.24. The second-order valence-electron chi connectivity index (χ2n) is 5.07. The fraction of sp³-hybridized carbons (Fsp3) is 0.467. The Morgan fingerprint density at radius 1 is 1.32 bits per heavy atom. The van der Waals surface area contributed by atoms with Crippen LogP contribution in [0.4, 0.5) is 5.69 Å². The Labute approximate surface area is 120 Å². The van der Waals surface area contributed by atoms with Crippen molar-refractivity contribution in [2.24, 2.45) is 0 Å². The predicted molar refractivity (Wildman–Crippen MR) is 82.1 cm³/mol. The summed E-state index contributed by atoms with van der Waals surface area (Å²) in [6.45, 7) is 1.93. The molecule has 3 nitrogen and oxygen atoms in total. The molecule has 1 aliphatic rings. The quantitative estimate of drug-likeness (QED) is 0.810. The van der Waals surface area contributed by atoms with Crippen molar-refractivity contribution in [1.29, 1.82) is 5.26 Å². The molecule has 1 saturated carbocycles. The molecule has 0 aromatic heterocycles. The van der Waals surface area contributed by atoms with Crippen LogP contribution in [0.25, 0.3) is 0 Å². The van der Waals surface area contributed by atoms with E-state index in [4.69, 9.17) is 17.5 Å². The van der Waals surface area contributed by atoms with Gasteiger partial charge in [-0.05, 0) is 49.7 Å². The fourth-order valence-electron chi connectivity index (χ4n) is 2.42. The maximum atomic E-state index is 9.01. The number of aryl methyl sites for hydroxylation is 1. The molecule has 100 valence electrons. The van der Waals surface area contributed by atoms with Gasteiger partial charge in [-0.15, -0.1) is 0 Å². The molecule has 0 unspecified atom stereocenters.